The number of amides is 1. The smallest absolute Gasteiger partial charge is 0.225 e. The zero-order chi connectivity index (χ0) is 17.6. The van der Waals surface area contributed by atoms with Crippen LogP contribution in [-0.2, 0) is 4.79 Å². The van der Waals surface area contributed by atoms with Crippen LogP contribution in [-0.4, -0.2) is 87.5 Å². The van der Waals surface area contributed by atoms with Gasteiger partial charge in [-0.1, -0.05) is 20.8 Å². The molecule has 0 aliphatic heterocycles. The highest BCUT2D eigenvalue weighted by Crippen LogP contribution is 2.19. The van der Waals surface area contributed by atoms with Crippen LogP contribution in [0.4, 0.5) is 0 Å². The first-order valence-corrected chi connectivity index (χ1v) is 8.38. The molecule has 0 aromatic carbocycles. The van der Waals surface area contributed by atoms with Crippen LogP contribution < -0.4 is 5.32 Å². The number of hydrogen-bond donors (Lipinski definition) is 2. The Balaban J connectivity index is 4.11. The predicted octanol–water partition coefficient (Wildman–Crippen LogP) is 1.07. The van der Waals surface area contributed by atoms with E-state index in [1.165, 1.54) is 0 Å². The summed E-state index contributed by atoms with van der Waals surface area (Å²) in [4.78, 5) is 12.0. The molecule has 0 spiro atoms. The predicted molar refractivity (Wildman–Crippen MR) is 92.4 cm³/mol. The van der Waals surface area contributed by atoms with E-state index in [1.54, 1.807) is 0 Å². The van der Waals surface area contributed by atoms with Gasteiger partial charge in [0.15, 0.2) is 6.10 Å². The van der Waals surface area contributed by atoms with Gasteiger partial charge in [-0.2, -0.15) is 0 Å². The number of quaternary nitrogens is 2. The van der Waals surface area contributed by atoms with Crippen LogP contribution in [0.5, 0.6) is 0 Å². The lowest BCUT2D eigenvalue weighted by molar-refractivity contribution is -0.907. The van der Waals surface area contributed by atoms with E-state index in [0.29, 0.717) is 6.54 Å². The number of aliphatic hydroxyl groups is 1. The topological polar surface area (TPSA) is 49.3 Å². The maximum Gasteiger partial charge on any atom is 0.225 e. The standard InChI is InChI=1S/C17H38N3O2/c1-9-17(2,3)16(22)18-11-10-12-20(7,8)14-15(21)13-19(4,5)6/h15,21H,9-14H2,1-8H3/q+1/p+1. The molecule has 0 saturated heterocycles. The Hall–Kier alpha value is -0.650. The number of nitrogens with one attached hydrogen (secondary N) is 1. The number of carbonyl (C=O) groups is 1. The molecule has 5 heteroatoms. The van der Waals surface area contributed by atoms with Gasteiger partial charge in [-0.15, -0.1) is 0 Å². The summed E-state index contributed by atoms with van der Waals surface area (Å²) >= 11 is 0. The summed E-state index contributed by atoms with van der Waals surface area (Å²) in [6.07, 6.45) is 1.47. The Morgan fingerprint density at radius 3 is 2.14 bits per heavy atom. The number of aliphatic hydroxyl groups excluding tert-OH is 1. The maximum atomic E-state index is 12.0. The zero-order valence-corrected chi connectivity index (χ0v) is 16.1. The third-order valence-electron chi connectivity index (χ3n) is 4.19. The molecule has 0 saturated carbocycles. The third-order valence-corrected chi connectivity index (χ3v) is 4.19. The molecular weight excluding hydrogens is 278 g/mol. The minimum absolute atomic E-state index is 0.130. The normalized spacial score (nSPS) is 14.8. The molecule has 0 aromatic rings. The van der Waals surface area contributed by atoms with E-state index in [-0.39, 0.29) is 17.4 Å². The number of hydrogen-bond acceptors (Lipinski definition) is 2. The molecule has 0 aliphatic rings. The number of rotatable bonds is 10. The van der Waals surface area contributed by atoms with Gasteiger partial charge in [-0.05, 0) is 6.42 Å². The summed E-state index contributed by atoms with van der Waals surface area (Å²) in [6, 6.07) is 0. The second-order valence-electron chi connectivity index (χ2n) is 8.82. The van der Waals surface area contributed by atoms with Crippen LogP contribution >= 0.6 is 0 Å². The molecule has 22 heavy (non-hydrogen) atoms. The number of likely N-dealkylation sites (N-methyl/N-ethyl adjacent to an activating group) is 2. The van der Waals surface area contributed by atoms with Crippen LogP contribution in [0, 0.1) is 5.41 Å². The molecule has 0 fully saturated rings. The van der Waals surface area contributed by atoms with Crippen LogP contribution in [0.1, 0.15) is 33.6 Å². The first kappa shape index (κ1) is 21.4. The Labute approximate surface area is 137 Å². The number of nitrogens with zero attached hydrogens (tertiary/aromatic N) is 2. The lowest BCUT2D eigenvalue weighted by Gasteiger charge is -2.34. The fourth-order valence-corrected chi connectivity index (χ4v) is 2.46. The minimum atomic E-state index is -0.302. The summed E-state index contributed by atoms with van der Waals surface area (Å²) in [5, 5.41) is 13.2. The van der Waals surface area contributed by atoms with Gasteiger partial charge in [0.2, 0.25) is 5.91 Å². The van der Waals surface area contributed by atoms with Crippen molar-refractivity contribution in [2.75, 3.05) is 61.4 Å². The monoisotopic (exact) mass is 317 g/mol. The van der Waals surface area contributed by atoms with Crippen molar-refractivity contribution in [3.05, 3.63) is 0 Å². The van der Waals surface area contributed by atoms with E-state index in [2.05, 4.69) is 40.6 Å². The first-order valence-electron chi connectivity index (χ1n) is 8.38. The van der Waals surface area contributed by atoms with E-state index in [1.807, 2.05) is 20.8 Å². The lowest BCUT2D eigenvalue weighted by Crippen LogP contribution is -2.52. The van der Waals surface area contributed by atoms with Crippen molar-refractivity contribution >= 4 is 5.91 Å². The van der Waals surface area contributed by atoms with E-state index in [9.17, 15) is 9.90 Å². The summed E-state index contributed by atoms with van der Waals surface area (Å²) in [7, 11) is 10.5. The van der Waals surface area contributed by atoms with Crippen molar-refractivity contribution in [2.45, 2.75) is 39.7 Å². The molecule has 1 atom stereocenters. The first-order chi connectivity index (χ1) is 9.79. The molecule has 1 amide bonds. The van der Waals surface area contributed by atoms with Gasteiger partial charge < -0.3 is 19.4 Å². The van der Waals surface area contributed by atoms with Gasteiger partial charge in [-0.25, -0.2) is 0 Å². The fourth-order valence-electron chi connectivity index (χ4n) is 2.46. The quantitative estimate of drug-likeness (QED) is 0.468. The van der Waals surface area contributed by atoms with Gasteiger partial charge in [0, 0.05) is 18.4 Å². The van der Waals surface area contributed by atoms with Crippen LogP contribution in [0.2, 0.25) is 0 Å². The third kappa shape index (κ3) is 9.38. The van der Waals surface area contributed by atoms with E-state index >= 15 is 0 Å². The van der Waals surface area contributed by atoms with Crippen LogP contribution in [0.25, 0.3) is 0 Å². The molecule has 0 aliphatic carbocycles. The van der Waals surface area contributed by atoms with Crippen molar-refractivity contribution in [2.24, 2.45) is 5.41 Å². The highest BCUT2D eigenvalue weighted by atomic mass is 16.3. The van der Waals surface area contributed by atoms with E-state index in [4.69, 9.17) is 0 Å². The van der Waals surface area contributed by atoms with Gasteiger partial charge in [0.25, 0.3) is 0 Å². The van der Waals surface area contributed by atoms with Crippen molar-refractivity contribution < 1.29 is 18.9 Å². The molecule has 0 radical (unpaired) electrons. The molecule has 2 N–H and O–H groups in total. The minimum Gasteiger partial charge on any atom is -0.382 e. The highest BCUT2D eigenvalue weighted by molar-refractivity contribution is 5.81. The zero-order valence-electron chi connectivity index (χ0n) is 16.1. The van der Waals surface area contributed by atoms with Gasteiger partial charge in [0.05, 0.1) is 41.8 Å². The lowest BCUT2D eigenvalue weighted by atomic mass is 9.89. The Morgan fingerprint density at radius 2 is 1.68 bits per heavy atom. The average molecular weight is 318 g/mol. The second-order valence-corrected chi connectivity index (χ2v) is 8.82. The van der Waals surface area contributed by atoms with E-state index < -0.39 is 0 Å². The molecule has 132 valence electrons. The summed E-state index contributed by atoms with van der Waals surface area (Å²) in [5.74, 6) is 0.130. The second kappa shape index (κ2) is 8.27. The number of carbonyl (C=O) groups excluding carboxylic acids is 1. The maximum absolute atomic E-state index is 12.0. The highest BCUT2D eigenvalue weighted by Gasteiger charge is 2.26. The molecule has 0 aromatic heterocycles. The van der Waals surface area contributed by atoms with Crippen LogP contribution in [0.3, 0.4) is 0 Å². The van der Waals surface area contributed by atoms with Gasteiger partial charge in [-0.3, -0.25) is 4.79 Å². The molecule has 0 rings (SSSR count). The Morgan fingerprint density at radius 1 is 1.14 bits per heavy atom. The van der Waals surface area contributed by atoms with Crippen molar-refractivity contribution in [3.63, 3.8) is 0 Å². The average Bonchev–Trinajstić information content (AvgIpc) is 2.30. The van der Waals surface area contributed by atoms with Crippen molar-refractivity contribution in [3.8, 4) is 0 Å². The molecule has 0 heterocycles. The van der Waals surface area contributed by atoms with Gasteiger partial charge in [0.1, 0.15) is 13.1 Å². The summed E-state index contributed by atoms with van der Waals surface area (Å²) in [6.45, 7) is 9.13. The van der Waals surface area contributed by atoms with Crippen LogP contribution in [0.15, 0.2) is 0 Å². The molecule has 0 bridgehead atoms. The van der Waals surface area contributed by atoms with E-state index in [0.717, 1.165) is 41.4 Å². The fraction of sp³-hybridized carbons (Fsp3) is 0.941. The SMILES string of the molecule is CCC(C)(C)C(=O)NCCC[N+](C)(C)CC(O)C[N+](C)(C)C. The molecule has 5 nitrogen and oxygen atoms in total. The Bertz CT molecular complexity index is 346. The van der Waals surface area contributed by atoms with Crippen molar-refractivity contribution in [1.29, 1.82) is 0 Å². The van der Waals surface area contributed by atoms with Gasteiger partial charge >= 0.3 is 0 Å². The molecular formula is C17H39N3O2+2. The largest absolute Gasteiger partial charge is 0.382 e. The Kier molecular flexibility index (Phi) is 8.03. The summed E-state index contributed by atoms with van der Waals surface area (Å²) < 4.78 is 1.54. The molecule has 1 unspecified atom stereocenters. The van der Waals surface area contributed by atoms with Crippen molar-refractivity contribution in [1.82, 2.24) is 5.32 Å². The summed E-state index contributed by atoms with van der Waals surface area (Å²) in [5.41, 5.74) is -0.287.